The minimum absolute atomic E-state index is 0.0179. The van der Waals surface area contributed by atoms with Crippen molar-refractivity contribution in [1.82, 2.24) is 4.90 Å². The fourth-order valence-corrected chi connectivity index (χ4v) is 2.84. The number of amides is 1. The zero-order valence-electron chi connectivity index (χ0n) is 13.5. The molecule has 0 fully saturated rings. The first-order valence-corrected chi connectivity index (χ1v) is 7.72. The van der Waals surface area contributed by atoms with Gasteiger partial charge in [-0.05, 0) is 43.5 Å². The highest BCUT2D eigenvalue weighted by Gasteiger charge is 2.34. The van der Waals surface area contributed by atoms with E-state index in [0.717, 1.165) is 24.2 Å². The highest BCUT2D eigenvalue weighted by atomic mass is 16.3. The lowest BCUT2D eigenvalue weighted by atomic mass is 9.88. The molecule has 1 unspecified atom stereocenters. The lowest BCUT2D eigenvalue weighted by molar-refractivity contribution is -0.128. The number of carbonyl (C=O) groups is 1. The van der Waals surface area contributed by atoms with Gasteiger partial charge in [0.05, 0.1) is 18.2 Å². The van der Waals surface area contributed by atoms with Crippen LogP contribution in [0.15, 0.2) is 52.1 Å². The van der Waals surface area contributed by atoms with Crippen LogP contribution in [0.4, 0.5) is 0 Å². The predicted molar refractivity (Wildman–Crippen MR) is 89.9 cm³/mol. The largest absolute Gasteiger partial charge is 0.464 e. The molecule has 1 aliphatic rings. The number of nitrogens with two attached hydrogens (primary N) is 1. The summed E-state index contributed by atoms with van der Waals surface area (Å²) in [6.45, 7) is 1.99. The minimum Gasteiger partial charge on any atom is -0.464 e. The van der Waals surface area contributed by atoms with Gasteiger partial charge in [0, 0.05) is 12.6 Å². The number of hydrogen-bond donors (Lipinski definition) is 1. The monoisotopic (exact) mass is 311 g/mol. The number of benzene rings is 1. The third kappa shape index (κ3) is 3.28. The number of aliphatic imine (C=N–C) groups is 1. The zero-order valence-corrected chi connectivity index (χ0v) is 13.5. The summed E-state index contributed by atoms with van der Waals surface area (Å²) >= 11 is 0. The first-order chi connectivity index (χ1) is 11.0. The highest BCUT2D eigenvalue weighted by molar-refractivity contribution is 5.98. The van der Waals surface area contributed by atoms with Gasteiger partial charge in [0.1, 0.15) is 5.76 Å². The molecule has 5 heteroatoms. The minimum atomic E-state index is -0.436. The van der Waals surface area contributed by atoms with Crippen molar-refractivity contribution in [2.75, 3.05) is 7.05 Å². The van der Waals surface area contributed by atoms with Gasteiger partial charge in [-0.3, -0.25) is 9.69 Å². The van der Waals surface area contributed by atoms with Crippen molar-refractivity contribution in [2.24, 2.45) is 10.7 Å². The summed E-state index contributed by atoms with van der Waals surface area (Å²) in [5, 5.41) is 0. The van der Waals surface area contributed by atoms with E-state index in [1.54, 1.807) is 13.3 Å². The van der Waals surface area contributed by atoms with E-state index in [1.807, 2.05) is 31.2 Å². The van der Waals surface area contributed by atoms with Gasteiger partial charge >= 0.3 is 0 Å². The van der Waals surface area contributed by atoms with Crippen LogP contribution in [0.25, 0.3) is 11.3 Å². The van der Waals surface area contributed by atoms with Gasteiger partial charge in [0.25, 0.3) is 0 Å². The Morgan fingerprint density at radius 2 is 2.17 bits per heavy atom. The van der Waals surface area contributed by atoms with E-state index in [4.69, 9.17) is 10.2 Å². The second-order valence-corrected chi connectivity index (χ2v) is 6.27. The number of carbonyl (C=O) groups excluding carboxylic acids is 1. The molecule has 2 N–H and O–H groups in total. The van der Waals surface area contributed by atoms with E-state index in [-0.39, 0.29) is 5.91 Å². The average molecular weight is 311 g/mol. The van der Waals surface area contributed by atoms with Crippen molar-refractivity contribution in [2.45, 2.75) is 31.7 Å². The SMILES string of the molecule is CN1C(=O)CC(C)(CCc2cccc(-c3ccco3)c2)N=C1N. The van der Waals surface area contributed by atoms with Crippen LogP contribution >= 0.6 is 0 Å². The third-order valence-electron chi connectivity index (χ3n) is 4.32. The molecule has 0 saturated carbocycles. The van der Waals surface area contributed by atoms with Gasteiger partial charge in [0.2, 0.25) is 5.91 Å². The Balaban J connectivity index is 1.74. The second-order valence-electron chi connectivity index (χ2n) is 6.27. The lowest BCUT2D eigenvalue weighted by Crippen LogP contribution is -2.48. The van der Waals surface area contributed by atoms with E-state index < -0.39 is 5.54 Å². The van der Waals surface area contributed by atoms with Crippen LogP contribution in [-0.4, -0.2) is 29.4 Å². The van der Waals surface area contributed by atoms with Gasteiger partial charge in [0.15, 0.2) is 5.96 Å². The van der Waals surface area contributed by atoms with Crippen molar-refractivity contribution in [3.63, 3.8) is 0 Å². The second kappa shape index (κ2) is 5.91. The maximum Gasteiger partial charge on any atom is 0.231 e. The Morgan fingerprint density at radius 3 is 2.87 bits per heavy atom. The molecule has 1 atom stereocenters. The van der Waals surface area contributed by atoms with E-state index >= 15 is 0 Å². The maximum absolute atomic E-state index is 12.0. The standard InChI is InChI=1S/C18H21N3O2/c1-18(12-16(22)21(2)17(19)20-18)9-8-13-5-3-6-14(11-13)15-7-4-10-23-15/h3-7,10-11H,8-9,12H2,1-2H3,(H2,19,20). The van der Waals surface area contributed by atoms with Crippen molar-refractivity contribution in [1.29, 1.82) is 0 Å². The summed E-state index contributed by atoms with van der Waals surface area (Å²) in [6, 6.07) is 12.1. The Bertz CT molecular complexity index is 736. The number of nitrogens with zero attached hydrogens (tertiary/aromatic N) is 2. The molecule has 1 aromatic carbocycles. The lowest BCUT2D eigenvalue weighted by Gasteiger charge is -2.33. The van der Waals surface area contributed by atoms with Crippen LogP contribution in [0.5, 0.6) is 0 Å². The summed E-state index contributed by atoms with van der Waals surface area (Å²) in [7, 11) is 1.66. The van der Waals surface area contributed by atoms with Crippen molar-refractivity contribution < 1.29 is 9.21 Å². The first-order valence-electron chi connectivity index (χ1n) is 7.72. The van der Waals surface area contributed by atoms with Crippen LogP contribution in [0.3, 0.4) is 0 Å². The molecule has 120 valence electrons. The van der Waals surface area contributed by atoms with Crippen molar-refractivity contribution in [3.05, 3.63) is 48.2 Å². The summed E-state index contributed by atoms with van der Waals surface area (Å²) in [5.41, 5.74) is 7.66. The molecular weight excluding hydrogens is 290 g/mol. The first kappa shape index (κ1) is 15.3. The summed E-state index contributed by atoms with van der Waals surface area (Å²) in [4.78, 5) is 17.9. The number of guanidine groups is 1. The Kier molecular flexibility index (Phi) is 3.94. The smallest absolute Gasteiger partial charge is 0.231 e. The fraction of sp³-hybridized carbons (Fsp3) is 0.333. The van der Waals surface area contributed by atoms with Crippen molar-refractivity contribution in [3.8, 4) is 11.3 Å². The summed E-state index contributed by atoms with van der Waals surface area (Å²) in [6.07, 6.45) is 3.67. The van der Waals surface area contributed by atoms with Gasteiger partial charge in [-0.1, -0.05) is 18.2 Å². The number of furan rings is 1. The molecule has 1 aliphatic heterocycles. The average Bonchev–Trinajstić information content (AvgIpc) is 3.06. The quantitative estimate of drug-likeness (QED) is 0.943. The van der Waals surface area contributed by atoms with Crippen LogP contribution in [0, 0.1) is 0 Å². The van der Waals surface area contributed by atoms with Crippen molar-refractivity contribution >= 4 is 11.9 Å². The third-order valence-corrected chi connectivity index (χ3v) is 4.32. The van der Waals surface area contributed by atoms with Gasteiger partial charge < -0.3 is 10.2 Å². The topological polar surface area (TPSA) is 71.8 Å². The predicted octanol–water partition coefficient (Wildman–Crippen LogP) is 2.81. The molecule has 0 aliphatic carbocycles. The molecule has 23 heavy (non-hydrogen) atoms. The zero-order chi connectivity index (χ0) is 16.4. The molecule has 0 saturated heterocycles. The molecule has 2 aromatic rings. The van der Waals surface area contributed by atoms with E-state index in [0.29, 0.717) is 12.4 Å². The molecule has 0 radical (unpaired) electrons. The van der Waals surface area contributed by atoms with E-state index in [1.165, 1.54) is 10.5 Å². The summed E-state index contributed by atoms with van der Waals surface area (Å²) in [5.74, 6) is 1.17. The molecule has 2 heterocycles. The van der Waals surface area contributed by atoms with E-state index in [9.17, 15) is 4.79 Å². The molecular formula is C18H21N3O2. The van der Waals surface area contributed by atoms with Crippen LogP contribution in [-0.2, 0) is 11.2 Å². The van der Waals surface area contributed by atoms with Gasteiger partial charge in [-0.15, -0.1) is 0 Å². The number of aryl methyl sites for hydroxylation is 1. The van der Waals surface area contributed by atoms with Gasteiger partial charge in [-0.2, -0.15) is 0 Å². The highest BCUT2D eigenvalue weighted by Crippen LogP contribution is 2.28. The molecule has 5 nitrogen and oxygen atoms in total. The molecule has 1 amide bonds. The molecule has 1 aromatic heterocycles. The normalized spacial score (nSPS) is 21.4. The number of rotatable bonds is 4. The Hall–Kier alpha value is -2.56. The summed E-state index contributed by atoms with van der Waals surface area (Å²) < 4.78 is 5.44. The molecule has 0 bridgehead atoms. The van der Waals surface area contributed by atoms with Crippen LogP contribution in [0.1, 0.15) is 25.3 Å². The Morgan fingerprint density at radius 1 is 1.35 bits per heavy atom. The molecule has 3 rings (SSSR count). The molecule has 0 spiro atoms. The fourth-order valence-electron chi connectivity index (χ4n) is 2.84. The Labute approximate surface area is 135 Å². The van der Waals surface area contributed by atoms with Gasteiger partial charge in [-0.25, -0.2) is 4.99 Å². The van der Waals surface area contributed by atoms with E-state index in [2.05, 4.69) is 17.1 Å². The van der Waals surface area contributed by atoms with Crippen LogP contribution in [0.2, 0.25) is 0 Å². The van der Waals surface area contributed by atoms with Crippen LogP contribution < -0.4 is 5.73 Å². The number of hydrogen-bond acceptors (Lipinski definition) is 4. The maximum atomic E-state index is 12.0.